The van der Waals surface area contributed by atoms with Crippen LogP contribution in [0.1, 0.15) is 59.8 Å². The lowest BCUT2D eigenvalue weighted by atomic mass is 9.95. The van der Waals surface area contributed by atoms with E-state index in [9.17, 15) is 9.59 Å². The van der Waals surface area contributed by atoms with Gasteiger partial charge in [-0.2, -0.15) is 0 Å². The third kappa shape index (κ3) is 5.65. The average Bonchev–Trinajstić information content (AvgIpc) is 2.38. The Balaban J connectivity index is 2.40. The van der Waals surface area contributed by atoms with Crippen LogP contribution in [0.3, 0.4) is 0 Å². The van der Waals surface area contributed by atoms with Crippen molar-refractivity contribution in [1.29, 1.82) is 0 Å². The van der Waals surface area contributed by atoms with Crippen LogP contribution in [0.15, 0.2) is 0 Å². The first kappa shape index (κ1) is 18.0. The molecule has 1 saturated heterocycles. The lowest BCUT2D eigenvalue weighted by Crippen LogP contribution is -2.56. The average molecular weight is 297 g/mol. The number of carbonyl (C=O) groups excluding carboxylic acids is 2. The van der Waals surface area contributed by atoms with Gasteiger partial charge in [0.25, 0.3) is 0 Å². The second-order valence-electron chi connectivity index (χ2n) is 6.89. The molecule has 1 heterocycles. The topological polar surface area (TPSA) is 75.4 Å². The minimum absolute atomic E-state index is 0.0729. The lowest BCUT2D eigenvalue weighted by Gasteiger charge is -2.34. The standard InChI is InChI=1S/C16H31N3O2/c1-5-8-16(4,17)15(21)18-13-6-9-19(10-7-13)14(20)11-12(2)3/h12-13H,5-11,17H2,1-4H3,(H,18,21). The molecule has 0 radical (unpaired) electrons. The summed E-state index contributed by atoms with van der Waals surface area (Å²) in [5.74, 6) is 0.544. The second-order valence-corrected chi connectivity index (χ2v) is 6.89. The molecule has 2 amide bonds. The minimum atomic E-state index is -0.792. The van der Waals surface area contributed by atoms with Crippen molar-refractivity contribution in [2.24, 2.45) is 11.7 Å². The number of amides is 2. The highest BCUT2D eigenvalue weighted by Gasteiger charge is 2.30. The van der Waals surface area contributed by atoms with E-state index in [1.165, 1.54) is 0 Å². The van der Waals surface area contributed by atoms with Crippen LogP contribution in [0.5, 0.6) is 0 Å². The molecule has 0 aromatic heterocycles. The van der Waals surface area contributed by atoms with Crippen LogP contribution in [0.2, 0.25) is 0 Å². The third-order valence-corrected chi connectivity index (χ3v) is 4.05. The number of likely N-dealkylation sites (tertiary alicyclic amines) is 1. The minimum Gasteiger partial charge on any atom is -0.352 e. The predicted octanol–water partition coefficient (Wildman–Crippen LogP) is 1.66. The fourth-order valence-corrected chi connectivity index (χ4v) is 2.73. The number of nitrogens with zero attached hydrogens (tertiary/aromatic N) is 1. The highest BCUT2D eigenvalue weighted by molar-refractivity contribution is 5.85. The summed E-state index contributed by atoms with van der Waals surface area (Å²) in [6.45, 7) is 9.38. The fraction of sp³-hybridized carbons (Fsp3) is 0.875. The Labute approximate surface area is 128 Å². The summed E-state index contributed by atoms with van der Waals surface area (Å²) in [6, 6.07) is 0.139. The Morgan fingerprint density at radius 2 is 1.90 bits per heavy atom. The van der Waals surface area contributed by atoms with Gasteiger partial charge in [-0.05, 0) is 32.1 Å². The van der Waals surface area contributed by atoms with E-state index >= 15 is 0 Å². The van der Waals surface area contributed by atoms with E-state index in [4.69, 9.17) is 5.73 Å². The molecule has 21 heavy (non-hydrogen) atoms. The third-order valence-electron chi connectivity index (χ3n) is 4.05. The van der Waals surface area contributed by atoms with Gasteiger partial charge in [-0.15, -0.1) is 0 Å². The quantitative estimate of drug-likeness (QED) is 0.783. The highest BCUT2D eigenvalue weighted by Crippen LogP contribution is 2.15. The summed E-state index contributed by atoms with van der Waals surface area (Å²) < 4.78 is 0. The molecule has 1 atom stereocenters. The molecule has 5 nitrogen and oxygen atoms in total. The van der Waals surface area contributed by atoms with Gasteiger partial charge < -0.3 is 16.0 Å². The molecule has 1 fully saturated rings. The van der Waals surface area contributed by atoms with Crippen LogP contribution >= 0.6 is 0 Å². The first-order valence-corrected chi connectivity index (χ1v) is 8.14. The van der Waals surface area contributed by atoms with Gasteiger partial charge in [-0.3, -0.25) is 9.59 Å². The van der Waals surface area contributed by atoms with E-state index in [0.717, 1.165) is 32.4 Å². The van der Waals surface area contributed by atoms with Crippen LogP contribution in [-0.4, -0.2) is 41.4 Å². The van der Waals surface area contributed by atoms with Gasteiger partial charge >= 0.3 is 0 Å². The summed E-state index contributed by atoms with van der Waals surface area (Å²) in [5, 5.41) is 3.04. The first-order valence-electron chi connectivity index (χ1n) is 8.14. The maximum Gasteiger partial charge on any atom is 0.240 e. The van der Waals surface area contributed by atoms with Crippen LogP contribution in [0.4, 0.5) is 0 Å². The van der Waals surface area contributed by atoms with Crippen molar-refractivity contribution >= 4 is 11.8 Å². The SMILES string of the molecule is CCCC(C)(N)C(=O)NC1CCN(C(=O)CC(C)C)CC1. The van der Waals surface area contributed by atoms with Gasteiger partial charge in [0.1, 0.15) is 0 Å². The molecule has 1 aliphatic rings. The van der Waals surface area contributed by atoms with Crippen molar-refractivity contribution < 1.29 is 9.59 Å². The Bertz CT molecular complexity index is 359. The summed E-state index contributed by atoms with van der Waals surface area (Å²) >= 11 is 0. The van der Waals surface area contributed by atoms with Gasteiger partial charge in [-0.1, -0.05) is 27.2 Å². The lowest BCUT2D eigenvalue weighted by molar-refractivity contribution is -0.133. The van der Waals surface area contributed by atoms with E-state index in [-0.39, 0.29) is 17.9 Å². The first-order chi connectivity index (χ1) is 9.76. The van der Waals surface area contributed by atoms with Gasteiger partial charge in [0.05, 0.1) is 5.54 Å². The van der Waals surface area contributed by atoms with Crippen molar-refractivity contribution in [3.63, 3.8) is 0 Å². The molecular weight excluding hydrogens is 266 g/mol. The summed E-state index contributed by atoms with van der Waals surface area (Å²) in [4.78, 5) is 26.1. The van der Waals surface area contributed by atoms with E-state index in [1.807, 2.05) is 11.8 Å². The van der Waals surface area contributed by atoms with Crippen LogP contribution in [-0.2, 0) is 9.59 Å². The van der Waals surface area contributed by atoms with E-state index < -0.39 is 5.54 Å². The molecule has 3 N–H and O–H groups in total. The normalized spacial score (nSPS) is 19.4. The number of rotatable bonds is 6. The molecule has 0 aromatic rings. The molecule has 0 aromatic carbocycles. The number of carbonyl (C=O) groups is 2. The largest absolute Gasteiger partial charge is 0.352 e. The van der Waals surface area contributed by atoms with E-state index in [1.54, 1.807) is 6.92 Å². The number of hydrogen-bond acceptors (Lipinski definition) is 3. The molecule has 0 aliphatic carbocycles. The van der Waals surface area contributed by atoms with Gasteiger partial charge in [-0.25, -0.2) is 0 Å². The predicted molar refractivity (Wildman–Crippen MR) is 84.7 cm³/mol. The molecular formula is C16H31N3O2. The number of nitrogens with two attached hydrogens (primary N) is 1. The number of nitrogens with one attached hydrogen (secondary N) is 1. The highest BCUT2D eigenvalue weighted by atomic mass is 16.2. The zero-order valence-electron chi connectivity index (χ0n) is 13.9. The number of hydrogen-bond donors (Lipinski definition) is 2. The molecule has 1 aliphatic heterocycles. The number of piperidine rings is 1. The van der Waals surface area contributed by atoms with E-state index in [0.29, 0.717) is 18.8 Å². The summed E-state index contributed by atoms with van der Waals surface area (Å²) in [6.07, 6.45) is 3.82. The second kappa shape index (κ2) is 7.78. The Hall–Kier alpha value is -1.10. The fourth-order valence-electron chi connectivity index (χ4n) is 2.73. The molecule has 1 rings (SSSR count). The van der Waals surface area contributed by atoms with Crippen LogP contribution in [0.25, 0.3) is 0 Å². The maximum absolute atomic E-state index is 12.2. The molecule has 5 heteroatoms. The van der Waals surface area contributed by atoms with Crippen molar-refractivity contribution in [2.75, 3.05) is 13.1 Å². The maximum atomic E-state index is 12.2. The van der Waals surface area contributed by atoms with Gasteiger partial charge in [0, 0.05) is 25.6 Å². The zero-order chi connectivity index (χ0) is 16.0. The van der Waals surface area contributed by atoms with Crippen LogP contribution < -0.4 is 11.1 Å². The molecule has 1 unspecified atom stereocenters. The monoisotopic (exact) mass is 297 g/mol. The van der Waals surface area contributed by atoms with E-state index in [2.05, 4.69) is 19.2 Å². The van der Waals surface area contributed by atoms with Crippen molar-refractivity contribution in [3.8, 4) is 0 Å². The summed E-state index contributed by atoms with van der Waals surface area (Å²) in [5.41, 5.74) is 5.25. The smallest absolute Gasteiger partial charge is 0.240 e. The Morgan fingerprint density at radius 3 is 2.38 bits per heavy atom. The molecule has 0 spiro atoms. The van der Waals surface area contributed by atoms with Gasteiger partial charge in [0.2, 0.25) is 11.8 Å². The van der Waals surface area contributed by atoms with Gasteiger partial charge in [0.15, 0.2) is 0 Å². The van der Waals surface area contributed by atoms with Crippen LogP contribution in [0, 0.1) is 5.92 Å². The van der Waals surface area contributed by atoms with Crippen molar-refractivity contribution in [1.82, 2.24) is 10.2 Å². The molecule has 0 bridgehead atoms. The zero-order valence-corrected chi connectivity index (χ0v) is 13.9. The van der Waals surface area contributed by atoms with Crippen molar-refractivity contribution in [2.45, 2.75) is 71.4 Å². The molecule has 122 valence electrons. The van der Waals surface area contributed by atoms with Crippen molar-refractivity contribution in [3.05, 3.63) is 0 Å². The summed E-state index contributed by atoms with van der Waals surface area (Å²) in [7, 11) is 0. The molecule has 0 saturated carbocycles. The Kier molecular flexibility index (Phi) is 6.65. The Morgan fingerprint density at radius 1 is 1.33 bits per heavy atom.